The van der Waals surface area contributed by atoms with Crippen LogP contribution in [0.15, 0.2) is 0 Å². The number of hydrogen-bond acceptors (Lipinski definition) is 7. The Bertz CT molecular complexity index is 573. The van der Waals surface area contributed by atoms with Crippen LogP contribution in [-0.4, -0.2) is 53.9 Å². The first kappa shape index (κ1) is 16.8. The lowest BCUT2D eigenvalue weighted by Crippen LogP contribution is -2.36. The highest BCUT2D eigenvalue weighted by molar-refractivity contribution is 5.39. The Morgan fingerprint density at radius 3 is 2.56 bits per heavy atom. The minimum atomic E-state index is 0.364. The molecule has 3 fully saturated rings. The van der Waals surface area contributed by atoms with E-state index in [1.165, 1.54) is 38.5 Å². The molecule has 0 bridgehead atoms. The summed E-state index contributed by atoms with van der Waals surface area (Å²) in [5.41, 5.74) is 0. The molecule has 7 heteroatoms. The minimum absolute atomic E-state index is 0.364. The number of rotatable bonds is 5. The van der Waals surface area contributed by atoms with Crippen LogP contribution in [-0.2, 0) is 4.74 Å². The highest BCUT2D eigenvalue weighted by Gasteiger charge is 2.36. The number of ether oxygens (including phenoxy) is 2. The summed E-state index contributed by atoms with van der Waals surface area (Å²) in [6.45, 7) is 2.83. The van der Waals surface area contributed by atoms with Gasteiger partial charge in [0.05, 0.1) is 13.2 Å². The minimum Gasteiger partial charge on any atom is -0.467 e. The molecule has 3 aliphatic rings. The van der Waals surface area contributed by atoms with Gasteiger partial charge >= 0.3 is 6.01 Å². The summed E-state index contributed by atoms with van der Waals surface area (Å²) in [7, 11) is 1.61. The van der Waals surface area contributed by atoms with Gasteiger partial charge < -0.3 is 19.7 Å². The Kier molecular flexibility index (Phi) is 5.20. The van der Waals surface area contributed by atoms with Crippen LogP contribution in [0.25, 0.3) is 0 Å². The fourth-order valence-corrected chi connectivity index (χ4v) is 3.85. The van der Waals surface area contributed by atoms with Crippen LogP contribution in [0.1, 0.15) is 51.4 Å². The first-order valence-electron chi connectivity index (χ1n) is 9.75. The van der Waals surface area contributed by atoms with Crippen LogP contribution in [0, 0.1) is 5.92 Å². The monoisotopic (exact) mass is 347 g/mol. The fraction of sp³-hybridized carbons (Fsp3) is 0.833. The second-order valence-corrected chi connectivity index (χ2v) is 7.46. The normalized spacial score (nSPS) is 27.6. The molecular formula is C18H29N5O2. The zero-order valence-electron chi connectivity index (χ0n) is 15.1. The van der Waals surface area contributed by atoms with Crippen molar-refractivity contribution in [2.45, 2.75) is 63.5 Å². The van der Waals surface area contributed by atoms with E-state index in [-0.39, 0.29) is 0 Å². The molecule has 0 radical (unpaired) electrons. The first-order chi connectivity index (χ1) is 12.3. The van der Waals surface area contributed by atoms with E-state index in [4.69, 9.17) is 14.5 Å². The standard InChI is InChI=1S/C18H29N5O2/c1-24-18-21-16(19-14-8-11-25-15(12-14)13-6-7-13)20-17(22-18)23-9-4-2-3-5-10-23/h13-15H,2-12H2,1H3,(H,19,20,21,22). The Balaban J connectivity index is 1.47. The number of aromatic nitrogens is 3. The molecule has 1 saturated carbocycles. The largest absolute Gasteiger partial charge is 0.467 e. The van der Waals surface area contributed by atoms with E-state index in [0.29, 0.717) is 24.1 Å². The summed E-state index contributed by atoms with van der Waals surface area (Å²) in [6.07, 6.45) is 10.0. The third-order valence-corrected chi connectivity index (χ3v) is 5.47. The third-order valence-electron chi connectivity index (χ3n) is 5.47. The van der Waals surface area contributed by atoms with Gasteiger partial charge in [-0.3, -0.25) is 0 Å². The molecule has 4 rings (SSSR count). The Morgan fingerprint density at radius 1 is 1.04 bits per heavy atom. The molecule has 0 aromatic carbocycles. The van der Waals surface area contributed by atoms with Crippen molar-refractivity contribution in [2.75, 3.05) is 37.0 Å². The number of nitrogens with zero attached hydrogens (tertiary/aromatic N) is 4. The molecule has 3 heterocycles. The zero-order valence-corrected chi connectivity index (χ0v) is 15.1. The SMILES string of the molecule is COc1nc(NC2CCOC(C3CC3)C2)nc(N2CCCCCC2)n1. The maximum absolute atomic E-state index is 5.92. The van der Waals surface area contributed by atoms with Crippen molar-refractivity contribution in [1.82, 2.24) is 15.0 Å². The molecule has 2 aliphatic heterocycles. The van der Waals surface area contributed by atoms with E-state index in [0.717, 1.165) is 44.4 Å². The Hall–Kier alpha value is -1.63. The van der Waals surface area contributed by atoms with Crippen LogP contribution in [0.4, 0.5) is 11.9 Å². The topological polar surface area (TPSA) is 72.4 Å². The molecule has 1 N–H and O–H groups in total. The smallest absolute Gasteiger partial charge is 0.322 e. The predicted octanol–water partition coefficient (Wildman–Crippen LogP) is 2.63. The van der Waals surface area contributed by atoms with E-state index in [9.17, 15) is 0 Å². The molecule has 0 amide bonds. The molecule has 1 aromatic rings. The zero-order chi connectivity index (χ0) is 17.1. The van der Waals surface area contributed by atoms with Crippen LogP contribution in [0.2, 0.25) is 0 Å². The lowest BCUT2D eigenvalue weighted by molar-refractivity contribution is -0.00228. The number of methoxy groups -OCH3 is 1. The lowest BCUT2D eigenvalue weighted by atomic mass is 10.0. The summed E-state index contributed by atoms with van der Waals surface area (Å²) in [5, 5.41) is 3.51. The number of nitrogens with one attached hydrogen (secondary N) is 1. The van der Waals surface area contributed by atoms with Gasteiger partial charge in [0.2, 0.25) is 11.9 Å². The third kappa shape index (κ3) is 4.32. The molecule has 7 nitrogen and oxygen atoms in total. The van der Waals surface area contributed by atoms with Gasteiger partial charge in [0.25, 0.3) is 0 Å². The molecule has 2 saturated heterocycles. The van der Waals surface area contributed by atoms with E-state index >= 15 is 0 Å². The van der Waals surface area contributed by atoms with Crippen molar-refractivity contribution in [3.63, 3.8) is 0 Å². The molecule has 2 unspecified atom stereocenters. The summed E-state index contributed by atoms with van der Waals surface area (Å²) in [5.74, 6) is 2.14. The molecular weight excluding hydrogens is 318 g/mol. The van der Waals surface area contributed by atoms with Crippen LogP contribution in [0.5, 0.6) is 6.01 Å². The maximum atomic E-state index is 5.92. The highest BCUT2D eigenvalue weighted by Crippen LogP contribution is 2.38. The van der Waals surface area contributed by atoms with Crippen LogP contribution >= 0.6 is 0 Å². The van der Waals surface area contributed by atoms with E-state index in [2.05, 4.69) is 20.2 Å². The second-order valence-electron chi connectivity index (χ2n) is 7.46. The van der Waals surface area contributed by atoms with Crippen molar-refractivity contribution in [3.8, 4) is 6.01 Å². The van der Waals surface area contributed by atoms with Crippen molar-refractivity contribution in [3.05, 3.63) is 0 Å². The molecule has 2 atom stereocenters. The van der Waals surface area contributed by atoms with Crippen LogP contribution in [0.3, 0.4) is 0 Å². The van der Waals surface area contributed by atoms with Crippen molar-refractivity contribution in [2.24, 2.45) is 5.92 Å². The van der Waals surface area contributed by atoms with E-state index < -0.39 is 0 Å². The van der Waals surface area contributed by atoms with Gasteiger partial charge in [-0.2, -0.15) is 15.0 Å². The number of hydrogen-bond donors (Lipinski definition) is 1. The predicted molar refractivity (Wildman–Crippen MR) is 96.2 cm³/mol. The van der Waals surface area contributed by atoms with Gasteiger partial charge in [0, 0.05) is 25.7 Å². The van der Waals surface area contributed by atoms with Crippen molar-refractivity contribution in [1.29, 1.82) is 0 Å². The second kappa shape index (κ2) is 7.72. The molecule has 25 heavy (non-hydrogen) atoms. The Labute approximate surface area is 149 Å². The summed E-state index contributed by atoms with van der Waals surface area (Å²) >= 11 is 0. The quantitative estimate of drug-likeness (QED) is 0.878. The van der Waals surface area contributed by atoms with Gasteiger partial charge in [0.15, 0.2) is 0 Å². The van der Waals surface area contributed by atoms with Crippen molar-refractivity contribution >= 4 is 11.9 Å². The summed E-state index contributed by atoms with van der Waals surface area (Å²) in [4.78, 5) is 15.9. The van der Waals surface area contributed by atoms with Gasteiger partial charge in [-0.25, -0.2) is 0 Å². The molecule has 1 aromatic heterocycles. The average Bonchev–Trinajstić information content (AvgIpc) is 3.48. The van der Waals surface area contributed by atoms with E-state index in [1.54, 1.807) is 7.11 Å². The Morgan fingerprint density at radius 2 is 1.84 bits per heavy atom. The van der Waals surface area contributed by atoms with Gasteiger partial charge in [-0.15, -0.1) is 0 Å². The summed E-state index contributed by atoms with van der Waals surface area (Å²) < 4.78 is 11.2. The van der Waals surface area contributed by atoms with Gasteiger partial charge in [0.1, 0.15) is 0 Å². The molecule has 0 spiro atoms. The van der Waals surface area contributed by atoms with Gasteiger partial charge in [-0.05, 0) is 44.4 Å². The highest BCUT2D eigenvalue weighted by atomic mass is 16.5. The van der Waals surface area contributed by atoms with E-state index in [1.807, 2.05) is 0 Å². The van der Waals surface area contributed by atoms with Crippen molar-refractivity contribution < 1.29 is 9.47 Å². The fourth-order valence-electron chi connectivity index (χ4n) is 3.85. The van der Waals surface area contributed by atoms with Crippen LogP contribution < -0.4 is 15.0 Å². The molecule has 1 aliphatic carbocycles. The average molecular weight is 347 g/mol. The van der Waals surface area contributed by atoms with Gasteiger partial charge in [-0.1, -0.05) is 12.8 Å². The first-order valence-corrected chi connectivity index (χ1v) is 9.75. The maximum Gasteiger partial charge on any atom is 0.322 e. The summed E-state index contributed by atoms with van der Waals surface area (Å²) in [6, 6.07) is 0.756. The molecule has 138 valence electrons. The lowest BCUT2D eigenvalue weighted by Gasteiger charge is -2.30. The number of anilines is 2.